The van der Waals surface area contributed by atoms with Crippen LogP contribution in [0.15, 0.2) is 30.5 Å². The molecule has 0 fully saturated rings. The molecular weight excluding hydrogens is 324 g/mol. The lowest BCUT2D eigenvalue weighted by molar-refractivity contribution is 0.102. The molecule has 0 aliphatic rings. The molecule has 4 nitrogen and oxygen atoms in total. The molecule has 0 saturated heterocycles. The monoisotopic (exact) mass is 339 g/mol. The zero-order valence-electron chi connectivity index (χ0n) is 12.7. The van der Waals surface area contributed by atoms with Gasteiger partial charge in [-0.2, -0.15) is 0 Å². The molecule has 1 aromatic heterocycles. The highest BCUT2D eigenvalue weighted by Crippen LogP contribution is 2.22. The number of carbonyl (C=O) groups excluding carboxylic acids is 1. The van der Waals surface area contributed by atoms with Gasteiger partial charge in [-0.3, -0.25) is 4.79 Å². The minimum absolute atomic E-state index is 0.140. The summed E-state index contributed by atoms with van der Waals surface area (Å²) in [6.07, 6.45) is 1.50. The molecule has 23 heavy (non-hydrogen) atoms. The van der Waals surface area contributed by atoms with Crippen LogP contribution in [0.1, 0.15) is 24.2 Å². The zero-order chi connectivity index (χ0) is 17.0. The van der Waals surface area contributed by atoms with Gasteiger partial charge in [0, 0.05) is 13.1 Å². The number of anilines is 2. The molecule has 1 amide bonds. The van der Waals surface area contributed by atoms with Crippen molar-refractivity contribution in [3.63, 3.8) is 0 Å². The zero-order valence-corrected chi connectivity index (χ0v) is 13.5. The first-order chi connectivity index (χ1) is 11.0. The van der Waals surface area contributed by atoms with Crippen molar-refractivity contribution in [2.75, 3.05) is 23.3 Å². The Balaban J connectivity index is 2.16. The molecule has 0 aliphatic carbocycles. The van der Waals surface area contributed by atoms with Crippen molar-refractivity contribution in [2.45, 2.75) is 13.8 Å². The Morgan fingerprint density at radius 2 is 1.87 bits per heavy atom. The fourth-order valence-electron chi connectivity index (χ4n) is 2.09. The molecule has 122 valence electrons. The van der Waals surface area contributed by atoms with Crippen molar-refractivity contribution in [3.8, 4) is 0 Å². The number of halogens is 3. The summed E-state index contributed by atoms with van der Waals surface area (Å²) in [6, 6.07) is 5.00. The predicted octanol–water partition coefficient (Wildman–Crippen LogP) is 4.11. The Hall–Kier alpha value is -2.21. The molecule has 0 atom stereocenters. The summed E-state index contributed by atoms with van der Waals surface area (Å²) in [7, 11) is 0. The van der Waals surface area contributed by atoms with Gasteiger partial charge in [0.15, 0.2) is 11.6 Å². The maximum absolute atomic E-state index is 13.2. The number of nitrogens with one attached hydrogen (secondary N) is 1. The van der Waals surface area contributed by atoms with Crippen LogP contribution in [0.4, 0.5) is 20.3 Å². The summed E-state index contributed by atoms with van der Waals surface area (Å²) in [5.74, 6) is -2.07. The highest BCUT2D eigenvalue weighted by atomic mass is 35.5. The summed E-state index contributed by atoms with van der Waals surface area (Å²) in [6.45, 7) is 5.68. The maximum Gasteiger partial charge on any atom is 0.257 e. The quantitative estimate of drug-likeness (QED) is 0.834. The number of aromatic nitrogens is 1. The third-order valence-electron chi connectivity index (χ3n) is 3.35. The van der Waals surface area contributed by atoms with Crippen LogP contribution >= 0.6 is 11.6 Å². The van der Waals surface area contributed by atoms with Crippen LogP contribution < -0.4 is 10.2 Å². The summed E-state index contributed by atoms with van der Waals surface area (Å²) in [5, 5.41) is 2.40. The SMILES string of the molecule is CCN(CC)c1ccc(NC(=O)c2cc(F)c(F)cc2Cl)cn1. The number of rotatable bonds is 5. The molecule has 0 radical (unpaired) electrons. The molecule has 2 rings (SSSR count). The molecule has 1 heterocycles. The molecular formula is C16H16ClF2N3O. The third kappa shape index (κ3) is 3.96. The van der Waals surface area contributed by atoms with Crippen molar-refractivity contribution in [2.24, 2.45) is 0 Å². The van der Waals surface area contributed by atoms with E-state index in [-0.39, 0.29) is 10.6 Å². The second-order valence-electron chi connectivity index (χ2n) is 4.78. The van der Waals surface area contributed by atoms with E-state index in [1.165, 1.54) is 6.20 Å². The normalized spacial score (nSPS) is 10.5. The number of carbonyl (C=O) groups is 1. The maximum atomic E-state index is 13.2. The third-order valence-corrected chi connectivity index (χ3v) is 3.66. The molecule has 0 saturated carbocycles. The van der Waals surface area contributed by atoms with Crippen LogP contribution in [0, 0.1) is 11.6 Å². The first kappa shape index (κ1) is 17.1. The topological polar surface area (TPSA) is 45.2 Å². The van der Waals surface area contributed by atoms with E-state index in [2.05, 4.69) is 15.2 Å². The van der Waals surface area contributed by atoms with Crippen molar-refractivity contribution in [1.29, 1.82) is 0 Å². The summed E-state index contributed by atoms with van der Waals surface area (Å²) < 4.78 is 26.3. The second kappa shape index (κ2) is 7.37. The van der Waals surface area contributed by atoms with Crippen molar-refractivity contribution < 1.29 is 13.6 Å². The lowest BCUT2D eigenvalue weighted by atomic mass is 10.2. The number of hydrogen-bond acceptors (Lipinski definition) is 3. The lowest BCUT2D eigenvalue weighted by Crippen LogP contribution is -2.23. The highest BCUT2D eigenvalue weighted by Gasteiger charge is 2.15. The number of pyridine rings is 1. The van der Waals surface area contributed by atoms with Gasteiger partial charge in [-0.15, -0.1) is 0 Å². The first-order valence-electron chi connectivity index (χ1n) is 7.13. The summed E-state index contributed by atoms with van der Waals surface area (Å²) in [4.78, 5) is 18.4. The van der Waals surface area contributed by atoms with Crippen molar-refractivity contribution >= 4 is 29.0 Å². The Morgan fingerprint density at radius 3 is 2.43 bits per heavy atom. The lowest BCUT2D eigenvalue weighted by Gasteiger charge is -2.19. The van der Waals surface area contributed by atoms with E-state index in [0.717, 1.165) is 31.0 Å². The average Bonchev–Trinajstić information content (AvgIpc) is 2.53. The Labute approximate surface area is 138 Å². The standard InChI is InChI=1S/C16H16ClF2N3O/c1-3-22(4-2)15-6-5-10(9-20-15)21-16(23)11-7-13(18)14(19)8-12(11)17/h5-9H,3-4H2,1-2H3,(H,21,23). The van der Waals surface area contributed by atoms with Gasteiger partial charge in [0.2, 0.25) is 0 Å². The van der Waals surface area contributed by atoms with Gasteiger partial charge in [0.05, 0.1) is 22.5 Å². The number of hydrogen-bond donors (Lipinski definition) is 1. The van der Waals surface area contributed by atoms with Gasteiger partial charge in [-0.1, -0.05) is 11.6 Å². The molecule has 1 N–H and O–H groups in total. The second-order valence-corrected chi connectivity index (χ2v) is 5.18. The van der Waals surface area contributed by atoms with Crippen LogP contribution in [-0.2, 0) is 0 Å². The van der Waals surface area contributed by atoms with Crippen molar-refractivity contribution in [3.05, 3.63) is 52.7 Å². The molecule has 2 aromatic rings. The molecule has 0 aliphatic heterocycles. The van der Waals surface area contributed by atoms with E-state index in [1.54, 1.807) is 12.1 Å². The molecule has 7 heteroatoms. The van der Waals surface area contributed by atoms with Crippen LogP contribution in [0.25, 0.3) is 0 Å². The van der Waals surface area contributed by atoms with Gasteiger partial charge >= 0.3 is 0 Å². The Bertz CT molecular complexity index is 703. The number of benzene rings is 1. The Morgan fingerprint density at radius 1 is 1.22 bits per heavy atom. The predicted molar refractivity (Wildman–Crippen MR) is 87.1 cm³/mol. The van der Waals surface area contributed by atoms with E-state index >= 15 is 0 Å². The van der Waals surface area contributed by atoms with Gasteiger partial charge < -0.3 is 10.2 Å². The van der Waals surface area contributed by atoms with Gasteiger partial charge in [0.1, 0.15) is 5.82 Å². The highest BCUT2D eigenvalue weighted by molar-refractivity contribution is 6.34. The molecule has 1 aromatic carbocycles. The van der Waals surface area contributed by atoms with Crippen molar-refractivity contribution in [1.82, 2.24) is 4.98 Å². The number of amides is 1. The largest absolute Gasteiger partial charge is 0.357 e. The van der Waals surface area contributed by atoms with Crippen LogP contribution in [-0.4, -0.2) is 24.0 Å². The summed E-state index contributed by atoms with van der Waals surface area (Å²) in [5.41, 5.74) is 0.296. The molecule has 0 spiro atoms. The fourth-order valence-corrected chi connectivity index (χ4v) is 2.33. The van der Waals surface area contributed by atoms with Crippen LogP contribution in [0.2, 0.25) is 5.02 Å². The van der Waals surface area contributed by atoms with Gasteiger partial charge in [0.25, 0.3) is 5.91 Å². The first-order valence-corrected chi connectivity index (χ1v) is 7.51. The minimum atomic E-state index is -1.13. The average molecular weight is 340 g/mol. The summed E-state index contributed by atoms with van der Waals surface area (Å²) >= 11 is 5.78. The molecule has 0 bridgehead atoms. The number of nitrogens with zero attached hydrogens (tertiary/aromatic N) is 2. The van der Waals surface area contributed by atoms with E-state index in [9.17, 15) is 13.6 Å². The van der Waals surface area contributed by atoms with E-state index < -0.39 is 17.5 Å². The molecule has 0 unspecified atom stereocenters. The van der Waals surface area contributed by atoms with E-state index in [1.807, 2.05) is 13.8 Å². The van der Waals surface area contributed by atoms with Gasteiger partial charge in [-0.05, 0) is 38.1 Å². The van der Waals surface area contributed by atoms with Crippen LogP contribution in [0.5, 0.6) is 0 Å². The van der Waals surface area contributed by atoms with Gasteiger partial charge in [-0.25, -0.2) is 13.8 Å². The van der Waals surface area contributed by atoms with E-state index in [4.69, 9.17) is 11.6 Å². The van der Waals surface area contributed by atoms with Crippen LogP contribution in [0.3, 0.4) is 0 Å². The smallest absolute Gasteiger partial charge is 0.257 e. The fraction of sp³-hybridized carbons (Fsp3) is 0.250. The Kier molecular flexibility index (Phi) is 5.50. The minimum Gasteiger partial charge on any atom is -0.357 e. The van der Waals surface area contributed by atoms with E-state index in [0.29, 0.717) is 5.69 Å².